The van der Waals surface area contributed by atoms with Crippen molar-refractivity contribution in [3.63, 3.8) is 0 Å². The molecule has 6 nitrogen and oxygen atoms in total. The van der Waals surface area contributed by atoms with Gasteiger partial charge in [0, 0.05) is 63.6 Å². The summed E-state index contributed by atoms with van der Waals surface area (Å²) in [6, 6.07) is 6.43. The van der Waals surface area contributed by atoms with Gasteiger partial charge in [-0.3, -0.25) is 14.5 Å². The second kappa shape index (κ2) is 11.6. The highest BCUT2D eigenvalue weighted by Crippen LogP contribution is 2.37. The average Bonchev–Trinajstić information content (AvgIpc) is 3.37. The number of pyridine rings is 1. The molecule has 1 aromatic carbocycles. The van der Waals surface area contributed by atoms with E-state index in [4.69, 9.17) is 9.72 Å². The number of aromatic nitrogens is 3. The highest BCUT2D eigenvalue weighted by molar-refractivity contribution is 6.00. The van der Waals surface area contributed by atoms with Gasteiger partial charge in [0.25, 0.3) is 0 Å². The lowest BCUT2D eigenvalue weighted by atomic mass is 9.85. The monoisotopic (exact) mass is 512 g/mol. The van der Waals surface area contributed by atoms with E-state index in [0.29, 0.717) is 6.54 Å². The number of carbonyl (C=O) groups is 1. The quantitative estimate of drug-likeness (QED) is 0.324. The zero-order valence-electron chi connectivity index (χ0n) is 23.1. The Hall–Kier alpha value is -3.25. The van der Waals surface area contributed by atoms with E-state index < -0.39 is 0 Å². The van der Waals surface area contributed by atoms with E-state index in [1.165, 1.54) is 48.6 Å². The van der Waals surface area contributed by atoms with Crippen LogP contribution in [0.2, 0.25) is 0 Å². The first-order valence-corrected chi connectivity index (χ1v) is 14.0. The number of benzene rings is 1. The van der Waals surface area contributed by atoms with Gasteiger partial charge in [-0.2, -0.15) is 5.10 Å². The summed E-state index contributed by atoms with van der Waals surface area (Å²) in [6.07, 6.45) is 14.0. The molecule has 2 aliphatic heterocycles. The largest absolute Gasteiger partial charge is 0.381 e. The first-order chi connectivity index (χ1) is 18.4. The van der Waals surface area contributed by atoms with E-state index in [2.05, 4.69) is 36.8 Å². The number of hydrogen-bond donors (Lipinski definition) is 0. The van der Waals surface area contributed by atoms with Gasteiger partial charge in [-0.05, 0) is 72.6 Å². The molecule has 200 valence electrons. The smallest absolute Gasteiger partial charge is 0.219 e. The highest BCUT2D eigenvalue weighted by Gasteiger charge is 2.24. The zero-order valence-corrected chi connectivity index (χ0v) is 23.1. The summed E-state index contributed by atoms with van der Waals surface area (Å²) < 4.78 is 7.33. The molecule has 1 amide bonds. The fraction of sp³-hybridized carbons (Fsp3) is 0.469. The Balaban J connectivity index is 1.42. The van der Waals surface area contributed by atoms with Crippen LogP contribution in [0.3, 0.4) is 0 Å². The van der Waals surface area contributed by atoms with Crippen molar-refractivity contribution in [1.29, 1.82) is 0 Å². The molecule has 0 spiro atoms. The van der Waals surface area contributed by atoms with Gasteiger partial charge in [0.15, 0.2) is 0 Å². The molecule has 0 bridgehead atoms. The van der Waals surface area contributed by atoms with Gasteiger partial charge in [0.2, 0.25) is 5.91 Å². The van der Waals surface area contributed by atoms with Crippen LogP contribution in [0.5, 0.6) is 0 Å². The Kier molecular flexibility index (Phi) is 8.08. The lowest BCUT2D eigenvalue weighted by Gasteiger charge is -2.32. The molecule has 0 N–H and O–H groups in total. The third-order valence-electron chi connectivity index (χ3n) is 8.44. The number of hydrogen-bond acceptors (Lipinski definition) is 4. The van der Waals surface area contributed by atoms with Gasteiger partial charge in [-0.25, -0.2) is 0 Å². The second-order valence-electron chi connectivity index (χ2n) is 11.0. The zero-order chi connectivity index (χ0) is 26.6. The molecule has 2 aromatic heterocycles. The van der Waals surface area contributed by atoms with Gasteiger partial charge in [-0.15, -0.1) is 0 Å². The average molecular weight is 513 g/mol. The SMILES string of the molecule is C=C(C1=C(CCCCC2CCOCC2)CCN(C(C)=O)C1)c1cccc2c(C)c(-c3cnn(C)c3)ncc12. The molecule has 5 rings (SSSR count). The van der Waals surface area contributed by atoms with E-state index in [0.717, 1.165) is 71.9 Å². The summed E-state index contributed by atoms with van der Waals surface area (Å²) in [6.45, 7) is 11.7. The number of ether oxygens (including phenoxy) is 1. The second-order valence-corrected chi connectivity index (χ2v) is 11.0. The molecule has 6 heteroatoms. The number of carbonyl (C=O) groups excluding carboxylic acids is 1. The molecule has 4 heterocycles. The van der Waals surface area contributed by atoms with E-state index in [1.54, 1.807) is 11.6 Å². The first-order valence-electron chi connectivity index (χ1n) is 14.0. The number of fused-ring (bicyclic) bond motifs is 1. The van der Waals surface area contributed by atoms with E-state index in [1.807, 2.05) is 30.5 Å². The third-order valence-corrected chi connectivity index (χ3v) is 8.44. The summed E-state index contributed by atoms with van der Waals surface area (Å²) in [5.41, 5.74) is 7.95. The van der Waals surface area contributed by atoms with E-state index in [9.17, 15) is 4.79 Å². The lowest BCUT2D eigenvalue weighted by molar-refractivity contribution is -0.128. The normalized spacial score (nSPS) is 16.9. The van der Waals surface area contributed by atoms with Crippen molar-refractivity contribution in [3.8, 4) is 11.3 Å². The van der Waals surface area contributed by atoms with Crippen molar-refractivity contribution >= 4 is 22.3 Å². The van der Waals surface area contributed by atoms with Gasteiger partial charge in [0.05, 0.1) is 11.9 Å². The molecule has 1 fully saturated rings. The molecule has 2 aliphatic rings. The number of unbranched alkanes of at least 4 members (excludes halogenated alkanes) is 1. The molecule has 38 heavy (non-hydrogen) atoms. The Bertz CT molecular complexity index is 1360. The van der Waals surface area contributed by atoms with Crippen molar-refractivity contribution in [2.24, 2.45) is 13.0 Å². The Morgan fingerprint density at radius 2 is 1.97 bits per heavy atom. The number of aryl methyl sites for hydroxylation is 2. The molecule has 1 saturated heterocycles. The standard InChI is InChI=1S/C32H40N4O2/c1-22(28-10-7-11-29-23(2)32(33-19-30(28)29)27-18-34-35(4)20-27)31-21-36(24(3)37)15-12-26(31)9-6-5-8-25-13-16-38-17-14-25/h7,10-11,18-20,25H,1,5-6,8-9,12-17,21H2,2-4H3. The van der Waals surface area contributed by atoms with Crippen molar-refractivity contribution < 1.29 is 9.53 Å². The van der Waals surface area contributed by atoms with Crippen LogP contribution in [-0.2, 0) is 16.6 Å². The molecule has 0 aliphatic carbocycles. The molecule has 0 saturated carbocycles. The summed E-state index contributed by atoms with van der Waals surface area (Å²) in [4.78, 5) is 19.1. The summed E-state index contributed by atoms with van der Waals surface area (Å²) >= 11 is 0. The summed E-state index contributed by atoms with van der Waals surface area (Å²) in [5, 5.41) is 6.61. The Morgan fingerprint density at radius 1 is 1.16 bits per heavy atom. The van der Waals surface area contributed by atoms with E-state index >= 15 is 0 Å². The number of nitrogens with zero attached hydrogens (tertiary/aromatic N) is 4. The number of rotatable bonds is 8. The van der Waals surface area contributed by atoms with Crippen LogP contribution in [0.4, 0.5) is 0 Å². The molecule has 0 radical (unpaired) electrons. The fourth-order valence-electron chi connectivity index (χ4n) is 6.11. The molecular formula is C32H40N4O2. The van der Waals surface area contributed by atoms with Gasteiger partial charge >= 0.3 is 0 Å². The van der Waals surface area contributed by atoms with Crippen LogP contribution in [0, 0.1) is 12.8 Å². The predicted molar refractivity (Wildman–Crippen MR) is 154 cm³/mol. The van der Waals surface area contributed by atoms with E-state index in [-0.39, 0.29) is 5.91 Å². The maximum Gasteiger partial charge on any atom is 0.219 e. The van der Waals surface area contributed by atoms with Crippen LogP contribution in [0.25, 0.3) is 27.6 Å². The van der Waals surface area contributed by atoms with Gasteiger partial charge in [0.1, 0.15) is 0 Å². The minimum Gasteiger partial charge on any atom is -0.381 e. The Morgan fingerprint density at radius 3 is 2.71 bits per heavy atom. The van der Waals surface area contributed by atoms with Crippen molar-refractivity contribution in [2.75, 3.05) is 26.3 Å². The molecule has 0 atom stereocenters. The van der Waals surface area contributed by atoms with Crippen molar-refractivity contribution in [3.05, 3.63) is 65.6 Å². The minimum atomic E-state index is 0.130. The summed E-state index contributed by atoms with van der Waals surface area (Å²) in [7, 11) is 1.92. The predicted octanol–water partition coefficient (Wildman–Crippen LogP) is 6.49. The van der Waals surface area contributed by atoms with Crippen LogP contribution in [0.1, 0.15) is 63.0 Å². The van der Waals surface area contributed by atoms with Crippen LogP contribution in [-0.4, -0.2) is 51.9 Å². The van der Waals surface area contributed by atoms with Crippen molar-refractivity contribution in [2.45, 2.75) is 58.8 Å². The molecule has 0 unspecified atom stereocenters. The summed E-state index contributed by atoms with van der Waals surface area (Å²) in [5.74, 6) is 0.945. The van der Waals surface area contributed by atoms with Crippen LogP contribution < -0.4 is 0 Å². The van der Waals surface area contributed by atoms with Gasteiger partial charge in [-0.1, -0.05) is 43.2 Å². The minimum absolute atomic E-state index is 0.130. The maximum absolute atomic E-state index is 12.3. The molecule has 3 aromatic rings. The fourth-order valence-corrected chi connectivity index (χ4v) is 6.11. The molecular weight excluding hydrogens is 472 g/mol. The van der Waals surface area contributed by atoms with Crippen LogP contribution in [0.15, 0.2) is 54.5 Å². The Labute approximate surface area is 226 Å². The lowest BCUT2D eigenvalue weighted by Crippen LogP contribution is -2.35. The van der Waals surface area contributed by atoms with Gasteiger partial charge < -0.3 is 9.64 Å². The highest BCUT2D eigenvalue weighted by atomic mass is 16.5. The topological polar surface area (TPSA) is 60.2 Å². The number of amides is 1. The maximum atomic E-state index is 12.3. The van der Waals surface area contributed by atoms with Crippen LogP contribution >= 0.6 is 0 Å². The van der Waals surface area contributed by atoms with Crippen molar-refractivity contribution in [1.82, 2.24) is 19.7 Å². The first kappa shape index (κ1) is 26.4. The third kappa shape index (κ3) is 5.60.